The van der Waals surface area contributed by atoms with E-state index in [1.54, 1.807) is 19.1 Å². The lowest BCUT2D eigenvalue weighted by Crippen LogP contribution is -2.01. The molecule has 2 nitrogen and oxygen atoms in total. The predicted molar refractivity (Wildman–Crippen MR) is 55.7 cm³/mol. The first-order valence-electron chi connectivity index (χ1n) is 4.01. The summed E-state index contributed by atoms with van der Waals surface area (Å²) in [4.78, 5) is 0.587. The zero-order chi connectivity index (χ0) is 9.90. The van der Waals surface area contributed by atoms with Crippen molar-refractivity contribution < 1.29 is 4.21 Å². The van der Waals surface area contributed by atoms with Crippen molar-refractivity contribution in [3.8, 4) is 0 Å². The van der Waals surface area contributed by atoms with Gasteiger partial charge in [-0.25, -0.2) is 8.99 Å². The number of halogens is 1. The minimum atomic E-state index is -2.57. The zero-order valence-electron chi connectivity index (χ0n) is 7.42. The molecule has 0 amide bonds. The standard InChI is InChI=1S/C9H12ClNOS/c1-2-13(11,12)9-5-3-8(7-10)4-6-9/h3-6,11H,2,7H2,1H3. The summed E-state index contributed by atoms with van der Waals surface area (Å²) in [7, 11) is -2.57. The molecule has 1 aromatic rings. The van der Waals surface area contributed by atoms with E-state index in [0.29, 0.717) is 16.5 Å². The van der Waals surface area contributed by atoms with Crippen LogP contribution in [-0.4, -0.2) is 9.96 Å². The summed E-state index contributed by atoms with van der Waals surface area (Å²) in [5.74, 6) is 0.804. The molecule has 72 valence electrons. The normalized spacial score (nSPS) is 15.2. The first-order chi connectivity index (χ1) is 6.10. The van der Waals surface area contributed by atoms with E-state index in [1.165, 1.54) is 0 Å². The van der Waals surface area contributed by atoms with Crippen molar-refractivity contribution >= 4 is 21.3 Å². The molecule has 0 heterocycles. The van der Waals surface area contributed by atoms with Crippen LogP contribution in [0.5, 0.6) is 0 Å². The van der Waals surface area contributed by atoms with Gasteiger partial charge in [-0.2, -0.15) is 0 Å². The van der Waals surface area contributed by atoms with Gasteiger partial charge < -0.3 is 0 Å². The Morgan fingerprint density at radius 1 is 1.38 bits per heavy atom. The summed E-state index contributed by atoms with van der Waals surface area (Å²) in [5.41, 5.74) is 0.983. The lowest BCUT2D eigenvalue weighted by Gasteiger charge is -2.04. The highest BCUT2D eigenvalue weighted by Gasteiger charge is 2.05. The molecule has 0 spiro atoms. The Morgan fingerprint density at radius 2 is 1.92 bits per heavy atom. The fraction of sp³-hybridized carbons (Fsp3) is 0.333. The average Bonchev–Trinajstić information content (AvgIpc) is 2.18. The molecule has 1 atom stereocenters. The Hall–Kier alpha value is -0.540. The molecule has 1 unspecified atom stereocenters. The summed E-state index contributed by atoms with van der Waals surface area (Å²) in [6.07, 6.45) is 0. The molecule has 0 aliphatic heterocycles. The van der Waals surface area contributed by atoms with Crippen LogP contribution in [0.2, 0.25) is 0 Å². The molecule has 13 heavy (non-hydrogen) atoms. The SMILES string of the molecule is CCS(=N)(=O)c1ccc(CCl)cc1. The van der Waals surface area contributed by atoms with E-state index in [-0.39, 0.29) is 0 Å². The van der Waals surface area contributed by atoms with Gasteiger partial charge in [-0.3, -0.25) is 0 Å². The van der Waals surface area contributed by atoms with E-state index in [2.05, 4.69) is 0 Å². The minimum absolute atomic E-state index is 0.354. The number of hydrogen-bond donors (Lipinski definition) is 1. The van der Waals surface area contributed by atoms with Crippen LogP contribution in [-0.2, 0) is 15.6 Å². The highest BCUT2D eigenvalue weighted by Crippen LogP contribution is 2.13. The number of alkyl halides is 1. The average molecular weight is 218 g/mol. The summed E-state index contributed by atoms with van der Waals surface area (Å²) in [6.45, 7) is 1.75. The molecule has 1 rings (SSSR count). The fourth-order valence-electron chi connectivity index (χ4n) is 0.965. The van der Waals surface area contributed by atoms with Crippen molar-refractivity contribution in [1.82, 2.24) is 0 Å². The third-order valence-corrected chi connectivity index (χ3v) is 4.02. The van der Waals surface area contributed by atoms with Crippen LogP contribution in [0.3, 0.4) is 0 Å². The number of nitrogens with one attached hydrogen (secondary N) is 1. The van der Waals surface area contributed by atoms with Crippen LogP contribution in [0.25, 0.3) is 0 Å². The van der Waals surface area contributed by atoms with Gasteiger partial charge in [0.15, 0.2) is 0 Å². The van der Waals surface area contributed by atoms with E-state index in [0.717, 1.165) is 5.56 Å². The third-order valence-electron chi connectivity index (χ3n) is 1.86. The summed E-state index contributed by atoms with van der Waals surface area (Å²) < 4.78 is 19.1. The molecule has 1 aromatic carbocycles. The zero-order valence-corrected chi connectivity index (χ0v) is 8.99. The molecule has 0 radical (unpaired) electrons. The highest BCUT2D eigenvalue weighted by molar-refractivity contribution is 7.92. The van der Waals surface area contributed by atoms with E-state index in [9.17, 15) is 4.21 Å². The summed E-state index contributed by atoms with van der Waals surface area (Å²) in [5, 5.41) is 0. The first-order valence-corrected chi connectivity index (χ1v) is 6.27. The van der Waals surface area contributed by atoms with Gasteiger partial charge in [0, 0.05) is 16.5 Å². The number of benzene rings is 1. The van der Waals surface area contributed by atoms with Gasteiger partial charge in [-0.1, -0.05) is 19.1 Å². The number of rotatable bonds is 3. The second-order valence-electron chi connectivity index (χ2n) is 2.74. The van der Waals surface area contributed by atoms with Gasteiger partial charge in [0.1, 0.15) is 0 Å². The minimum Gasteiger partial charge on any atom is -0.249 e. The van der Waals surface area contributed by atoms with E-state index in [4.69, 9.17) is 16.4 Å². The Bertz CT molecular complexity index is 369. The van der Waals surface area contributed by atoms with Gasteiger partial charge >= 0.3 is 0 Å². The molecule has 0 saturated carbocycles. The maximum absolute atomic E-state index is 11.6. The van der Waals surface area contributed by atoms with E-state index in [1.807, 2.05) is 12.1 Å². The molecular formula is C9H12ClNOS. The van der Waals surface area contributed by atoms with Gasteiger partial charge in [0.05, 0.1) is 9.73 Å². The Balaban J connectivity index is 3.06. The molecule has 0 bridgehead atoms. The van der Waals surface area contributed by atoms with Crippen molar-refractivity contribution in [2.24, 2.45) is 0 Å². The molecule has 0 saturated heterocycles. The molecule has 0 aliphatic rings. The predicted octanol–water partition coefficient (Wildman–Crippen LogP) is 2.85. The van der Waals surface area contributed by atoms with Gasteiger partial charge in [0.25, 0.3) is 0 Å². The van der Waals surface area contributed by atoms with Crippen LogP contribution in [0.15, 0.2) is 29.2 Å². The Morgan fingerprint density at radius 3 is 2.31 bits per heavy atom. The maximum Gasteiger partial charge on any atom is 0.0723 e. The van der Waals surface area contributed by atoms with Crippen LogP contribution in [0.4, 0.5) is 0 Å². The Kier molecular flexibility index (Phi) is 3.33. The van der Waals surface area contributed by atoms with Crippen molar-refractivity contribution in [3.63, 3.8) is 0 Å². The van der Waals surface area contributed by atoms with E-state index < -0.39 is 9.73 Å². The quantitative estimate of drug-likeness (QED) is 0.778. The van der Waals surface area contributed by atoms with Crippen LogP contribution in [0, 0.1) is 4.78 Å². The van der Waals surface area contributed by atoms with Crippen molar-refractivity contribution in [1.29, 1.82) is 4.78 Å². The topological polar surface area (TPSA) is 40.9 Å². The highest BCUT2D eigenvalue weighted by atomic mass is 35.5. The Labute approximate surface area is 83.9 Å². The molecule has 0 aliphatic carbocycles. The van der Waals surface area contributed by atoms with Crippen LogP contribution >= 0.6 is 11.6 Å². The monoisotopic (exact) mass is 217 g/mol. The maximum atomic E-state index is 11.6. The van der Waals surface area contributed by atoms with Crippen LogP contribution < -0.4 is 0 Å². The second kappa shape index (κ2) is 4.11. The summed E-state index contributed by atoms with van der Waals surface area (Å²) in [6, 6.07) is 7.06. The van der Waals surface area contributed by atoms with Crippen molar-refractivity contribution in [2.45, 2.75) is 17.7 Å². The molecule has 1 N–H and O–H groups in total. The van der Waals surface area contributed by atoms with Gasteiger partial charge in [0.2, 0.25) is 0 Å². The van der Waals surface area contributed by atoms with Crippen LogP contribution in [0.1, 0.15) is 12.5 Å². The van der Waals surface area contributed by atoms with Gasteiger partial charge in [-0.15, -0.1) is 11.6 Å². The fourth-order valence-corrected chi connectivity index (χ4v) is 2.05. The molecule has 0 fully saturated rings. The lowest BCUT2D eigenvalue weighted by atomic mass is 10.2. The largest absolute Gasteiger partial charge is 0.249 e. The van der Waals surface area contributed by atoms with E-state index >= 15 is 0 Å². The first kappa shape index (κ1) is 10.5. The lowest BCUT2D eigenvalue weighted by molar-refractivity contribution is 0.675. The van der Waals surface area contributed by atoms with Crippen molar-refractivity contribution in [2.75, 3.05) is 5.75 Å². The molecule has 0 aromatic heterocycles. The third kappa shape index (κ3) is 2.45. The molecule has 4 heteroatoms. The van der Waals surface area contributed by atoms with Crippen molar-refractivity contribution in [3.05, 3.63) is 29.8 Å². The molecular weight excluding hydrogens is 206 g/mol. The number of hydrogen-bond acceptors (Lipinski definition) is 2. The smallest absolute Gasteiger partial charge is 0.0723 e. The summed E-state index contributed by atoms with van der Waals surface area (Å²) >= 11 is 5.61. The van der Waals surface area contributed by atoms with Gasteiger partial charge in [-0.05, 0) is 17.7 Å². The second-order valence-corrected chi connectivity index (χ2v) is 5.41.